The Morgan fingerprint density at radius 2 is 1.92 bits per heavy atom. The van der Waals surface area contributed by atoms with Gasteiger partial charge < -0.3 is 19.7 Å². The van der Waals surface area contributed by atoms with E-state index in [0.717, 1.165) is 29.9 Å². The van der Waals surface area contributed by atoms with Crippen LogP contribution in [0.5, 0.6) is 11.5 Å². The van der Waals surface area contributed by atoms with Crippen molar-refractivity contribution in [2.75, 3.05) is 20.8 Å². The highest BCUT2D eigenvalue weighted by Gasteiger charge is 2.35. The van der Waals surface area contributed by atoms with Crippen molar-refractivity contribution in [3.8, 4) is 11.5 Å². The number of nitrogens with one attached hydrogen (secondary N) is 1. The number of hydrogen-bond donors (Lipinski definition) is 1. The van der Waals surface area contributed by atoms with E-state index in [9.17, 15) is 9.59 Å². The molecule has 0 spiro atoms. The second-order valence-corrected chi connectivity index (χ2v) is 7.74. The number of methoxy groups -OCH3 is 2. The molecular formula is C20H30N2O4. The van der Waals surface area contributed by atoms with Crippen molar-refractivity contribution >= 4 is 11.8 Å². The van der Waals surface area contributed by atoms with Gasteiger partial charge in [-0.15, -0.1) is 0 Å². The molecule has 26 heavy (non-hydrogen) atoms. The van der Waals surface area contributed by atoms with E-state index in [0.29, 0.717) is 6.54 Å². The minimum atomic E-state index is -0.570. The van der Waals surface area contributed by atoms with Crippen molar-refractivity contribution in [2.24, 2.45) is 5.41 Å². The molecule has 1 aliphatic heterocycles. The monoisotopic (exact) mass is 362 g/mol. The van der Waals surface area contributed by atoms with Crippen LogP contribution in [0, 0.1) is 5.41 Å². The number of carbonyl (C=O) groups is 2. The molecule has 2 atom stereocenters. The molecule has 0 aliphatic carbocycles. The van der Waals surface area contributed by atoms with Gasteiger partial charge in [-0.25, -0.2) is 0 Å². The lowest BCUT2D eigenvalue weighted by Crippen LogP contribution is -2.49. The summed E-state index contributed by atoms with van der Waals surface area (Å²) in [5.41, 5.74) is 0.404. The lowest BCUT2D eigenvalue weighted by atomic mass is 9.95. The molecule has 0 saturated carbocycles. The summed E-state index contributed by atoms with van der Waals surface area (Å²) in [6.45, 7) is 7.90. The Kier molecular flexibility index (Phi) is 6.16. The summed E-state index contributed by atoms with van der Waals surface area (Å²) >= 11 is 0. The van der Waals surface area contributed by atoms with E-state index in [1.165, 1.54) is 0 Å². The number of carbonyl (C=O) groups excluding carboxylic acids is 2. The number of ether oxygens (including phenoxy) is 2. The molecule has 1 heterocycles. The predicted molar refractivity (Wildman–Crippen MR) is 100 cm³/mol. The van der Waals surface area contributed by atoms with Crippen LogP contribution in [0.3, 0.4) is 0 Å². The molecular weight excluding hydrogens is 332 g/mol. The van der Waals surface area contributed by atoms with Crippen LogP contribution in [0.15, 0.2) is 18.2 Å². The number of hydrogen-bond acceptors (Lipinski definition) is 4. The van der Waals surface area contributed by atoms with Gasteiger partial charge in [-0.1, -0.05) is 20.8 Å². The number of rotatable bonds is 5. The SMILES string of the molecule is COc1ccc(OC)c(C2CCCN2C(=O)C(C)NC(=O)C(C)(C)C)c1. The fraction of sp³-hybridized carbons (Fsp3) is 0.600. The Balaban J connectivity index is 2.22. The first-order valence-electron chi connectivity index (χ1n) is 9.02. The van der Waals surface area contributed by atoms with Crippen LogP contribution < -0.4 is 14.8 Å². The molecule has 1 fully saturated rings. The van der Waals surface area contributed by atoms with E-state index in [4.69, 9.17) is 9.47 Å². The van der Waals surface area contributed by atoms with Gasteiger partial charge in [0.1, 0.15) is 17.5 Å². The van der Waals surface area contributed by atoms with Gasteiger partial charge in [0.05, 0.1) is 20.3 Å². The van der Waals surface area contributed by atoms with Gasteiger partial charge in [0.15, 0.2) is 0 Å². The zero-order valence-electron chi connectivity index (χ0n) is 16.6. The molecule has 0 bridgehead atoms. The molecule has 6 heteroatoms. The Hall–Kier alpha value is -2.24. The zero-order chi connectivity index (χ0) is 19.5. The minimum Gasteiger partial charge on any atom is -0.497 e. The summed E-state index contributed by atoms with van der Waals surface area (Å²) in [5.74, 6) is 1.26. The molecule has 0 radical (unpaired) electrons. The van der Waals surface area contributed by atoms with Crippen LogP contribution in [0.1, 0.15) is 52.1 Å². The van der Waals surface area contributed by atoms with Gasteiger partial charge in [0.25, 0.3) is 0 Å². The third-order valence-electron chi connectivity index (χ3n) is 4.73. The molecule has 2 amide bonds. The predicted octanol–water partition coefficient (Wildman–Crippen LogP) is 2.92. The summed E-state index contributed by atoms with van der Waals surface area (Å²) in [6, 6.07) is 4.98. The largest absolute Gasteiger partial charge is 0.497 e. The van der Waals surface area contributed by atoms with Crippen molar-refractivity contribution in [3.05, 3.63) is 23.8 Å². The summed E-state index contributed by atoms with van der Waals surface area (Å²) in [5, 5.41) is 2.83. The molecule has 2 rings (SSSR count). The first kappa shape index (κ1) is 20.1. The van der Waals surface area contributed by atoms with Crippen LogP contribution >= 0.6 is 0 Å². The Morgan fingerprint density at radius 1 is 1.23 bits per heavy atom. The molecule has 2 unspecified atom stereocenters. The lowest BCUT2D eigenvalue weighted by molar-refractivity contribution is -0.138. The van der Waals surface area contributed by atoms with E-state index < -0.39 is 11.5 Å². The first-order valence-corrected chi connectivity index (χ1v) is 9.02. The van der Waals surface area contributed by atoms with Crippen LogP contribution in [-0.4, -0.2) is 43.5 Å². The Morgan fingerprint density at radius 3 is 2.50 bits per heavy atom. The number of benzene rings is 1. The molecule has 1 aromatic rings. The first-order chi connectivity index (χ1) is 12.2. The third kappa shape index (κ3) is 4.29. The van der Waals surface area contributed by atoms with Gasteiger partial charge in [-0.3, -0.25) is 9.59 Å². The minimum absolute atomic E-state index is 0.0741. The van der Waals surface area contributed by atoms with Crippen LogP contribution in [0.25, 0.3) is 0 Å². The third-order valence-corrected chi connectivity index (χ3v) is 4.73. The fourth-order valence-electron chi connectivity index (χ4n) is 3.18. The van der Waals surface area contributed by atoms with Crippen LogP contribution in [0.4, 0.5) is 0 Å². The highest BCUT2D eigenvalue weighted by Crippen LogP contribution is 2.39. The highest BCUT2D eigenvalue weighted by molar-refractivity contribution is 5.89. The van der Waals surface area contributed by atoms with Crippen molar-refractivity contribution in [2.45, 2.75) is 52.6 Å². The van der Waals surface area contributed by atoms with Gasteiger partial charge in [-0.2, -0.15) is 0 Å². The molecule has 1 N–H and O–H groups in total. The molecule has 1 aliphatic rings. The van der Waals surface area contributed by atoms with Gasteiger partial charge in [0.2, 0.25) is 11.8 Å². The van der Waals surface area contributed by atoms with E-state index in [-0.39, 0.29) is 17.9 Å². The van der Waals surface area contributed by atoms with E-state index in [1.54, 1.807) is 21.1 Å². The van der Waals surface area contributed by atoms with Crippen LogP contribution in [0.2, 0.25) is 0 Å². The summed E-state index contributed by atoms with van der Waals surface area (Å²) in [6.07, 6.45) is 1.77. The van der Waals surface area contributed by atoms with Gasteiger partial charge in [0, 0.05) is 17.5 Å². The number of amides is 2. The van der Waals surface area contributed by atoms with Crippen molar-refractivity contribution in [1.82, 2.24) is 10.2 Å². The number of likely N-dealkylation sites (tertiary alicyclic amines) is 1. The highest BCUT2D eigenvalue weighted by atomic mass is 16.5. The van der Waals surface area contributed by atoms with Crippen LogP contribution in [-0.2, 0) is 9.59 Å². The average molecular weight is 362 g/mol. The maximum absolute atomic E-state index is 13.0. The molecule has 6 nitrogen and oxygen atoms in total. The van der Waals surface area contributed by atoms with E-state index in [2.05, 4.69) is 5.32 Å². The van der Waals surface area contributed by atoms with Gasteiger partial charge in [-0.05, 0) is 38.0 Å². The quantitative estimate of drug-likeness (QED) is 0.874. The van der Waals surface area contributed by atoms with Gasteiger partial charge >= 0.3 is 0 Å². The summed E-state index contributed by atoms with van der Waals surface area (Å²) < 4.78 is 10.8. The normalized spacial score (nSPS) is 18.4. The topological polar surface area (TPSA) is 67.9 Å². The smallest absolute Gasteiger partial charge is 0.245 e. The Bertz CT molecular complexity index is 666. The summed E-state index contributed by atoms with van der Waals surface area (Å²) in [4.78, 5) is 27.0. The van der Waals surface area contributed by atoms with Crippen molar-refractivity contribution in [1.29, 1.82) is 0 Å². The maximum Gasteiger partial charge on any atom is 0.245 e. The molecule has 144 valence electrons. The fourth-order valence-corrected chi connectivity index (χ4v) is 3.18. The average Bonchev–Trinajstić information content (AvgIpc) is 3.08. The van der Waals surface area contributed by atoms with Crippen molar-refractivity contribution < 1.29 is 19.1 Å². The molecule has 0 aromatic heterocycles. The molecule has 1 saturated heterocycles. The van der Waals surface area contributed by atoms with E-state index in [1.807, 2.05) is 43.9 Å². The maximum atomic E-state index is 13.0. The number of nitrogens with zero attached hydrogens (tertiary/aromatic N) is 1. The second-order valence-electron chi connectivity index (χ2n) is 7.74. The van der Waals surface area contributed by atoms with Crippen molar-refractivity contribution in [3.63, 3.8) is 0 Å². The van der Waals surface area contributed by atoms with E-state index >= 15 is 0 Å². The lowest BCUT2D eigenvalue weighted by Gasteiger charge is -2.30. The Labute approximate surface area is 155 Å². The second kappa shape index (κ2) is 7.98. The summed E-state index contributed by atoms with van der Waals surface area (Å²) in [7, 11) is 3.24. The zero-order valence-corrected chi connectivity index (χ0v) is 16.6. The standard InChI is InChI=1S/C20H30N2O4/c1-13(21-19(24)20(2,3)4)18(23)22-11-7-8-16(22)15-12-14(25-5)9-10-17(15)26-6/h9-10,12-13,16H,7-8,11H2,1-6H3,(H,21,24). The molecule has 1 aromatic carbocycles.